The summed E-state index contributed by atoms with van der Waals surface area (Å²) in [5.74, 6) is 4.84. The van der Waals surface area contributed by atoms with Crippen LogP contribution in [0, 0.1) is 17.8 Å². The number of cyclic esters (lactones) is 1. The molecular weight excluding hydrogens is 943 g/mol. The second-order valence-corrected chi connectivity index (χ2v) is 18.3. The molecule has 4 aliphatic rings. The molecular formula is C59H55N3O12. The number of methoxy groups -OCH3 is 4. The Morgan fingerprint density at radius 3 is 2.05 bits per heavy atom. The van der Waals surface area contributed by atoms with Crippen molar-refractivity contribution in [1.29, 1.82) is 0 Å². The maximum atomic E-state index is 16.8. The molecule has 0 aromatic heterocycles. The van der Waals surface area contributed by atoms with Crippen LogP contribution in [0.2, 0.25) is 0 Å². The molecule has 6 aromatic rings. The van der Waals surface area contributed by atoms with Gasteiger partial charge in [-0.05, 0) is 94.9 Å². The van der Waals surface area contributed by atoms with Crippen LogP contribution in [0.4, 0.5) is 10.5 Å². The van der Waals surface area contributed by atoms with Crippen LogP contribution in [0.1, 0.15) is 62.7 Å². The third-order valence-electron chi connectivity index (χ3n) is 14.5. The van der Waals surface area contributed by atoms with Crippen molar-refractivity contribution in [1.82, 2.24) is 9.80 Å². The second kappa shape index (κ2) is 21.1. The van der Waals surface area contributed by atoms with E-state index in [0.717, 1.165) is 21.6 Å². The summed E-state index contributed by atoms with van der Waals surface area (Å²) < 4.78 is 40.8. The SMILES string of the molecule is COCCOC(=O)N1C(=O)[C@@]2(c3cc(C#Cc4ccc(OC)cc4)ccc31)[C@H](C(=O)N1CCc3cc(OC)c(OC)cc3C1)[C@H]1C(=O)O[C@H](c3ccccc3)[C@H](c3ccccc3)N1[C@@H]2c1ccccc1OCCO. The van der Waals surface area contributed by atoms with Crippen LogP contribution >= 0.6 is 0 Å². The maximum Gasteiger partial charge on any atom is 0.421 e. The number of carbonyl (C=O) groups is 4. The van der Waals surface area contributed by atoms with Crippen molar-refractivity contribution in [3.63, 3.8) is 0 Å². The third-order valence-corrected chi connectivity index (χ3v) is 14.5. The van der Waals surface area contributed by atoms with Crippen LogP contribution in [-0.2, 0) is 47.0 Å². The molecule has 3 amide bonds. The van der Waals surface area contributed by atoms with E-state index in [1.165, 1.54) is 7.11 Å². The molecule has 0 unspecified atom stereocenters. The van der Waals surface area contributed by atoms with Gasteiger partial charge >= 0.3 is 12.1 Å². The number of aliphatic hydroxyl groups is 1. The Hall–Kier alpha value is -8.16. The summed E-state index contributed by atoms with van der Waals surface area (Å²) in [4.78, 5) is 68.5. The quantitative estimate of drug-likeness (QED) is 0.0688. The number of morpholine rings is 1. The molecule has 10 rings (SSSR count). The number of hydrogen-bond acceptors (Lipinski definition) is 13. The molecule has 74 heavy (non-hydrogen) atoms. The number of amides is 3. The molecule has 6 atom stereocenters. The second-order valence-electron chi connectivity index (χ2n) is 18.3. The van der Waals surface area contributed by atoms with E-state index >= 15 is 14.4 Å². The number of fused-ring (bicyclic) bond motifs is 4. The van der Waals surface area contributed by atoms with Crippen LogP contribution < -0.4 is 23.8 Å². The number of ether oxygens (including phenoxy) is 7. The Kier molecular flexibility index (Phi) is 14.1. The summed E-state index contributed by atoms with van der Waals surface area (Å²) in [5.41, 5.74) is 3.00. The highest BCUT2D eigenvalue weighted by Gasteiger charge is 2.76. The van der Waals surface area contributed by atoms with Gasteiger partial charge in [0.2, 0.25) is 11.8 Å². The van der Waals surface area contributed by atoms with E-state index in [-0.39, 0.29) is 50.8 Å². The van der Waals surface area contributed by atoms with Crippen molar-refractivity contribution in [2.45, 2.75) is 42.6 Å². The first-order valence-electron chi connectivity index (χ1n) is 24.4. The highest BCUT2D eigenvalue weighted by Crippen LogP contribution is 2.67. The van der Waals surface area contributed by atoms with Crippen LogP contribution in [0.15, 0.2) is 140 Å². The zero-order valence-corrected chi connectivity index (χ0v) is 41.4. The Balaban J connectivity index is 1.28. The average Bonchev–Trinajstić information content (AvgIpc) is 3.91. The normalized spacial score (nSPS) is 21.7. The smallest absolute Gasteiger partial charge is 0.421 e. The fourth-order valence-corrected chi connectivity index (χ4v) is 11.3. The largest absolute Gasteiger partial charge is 0.497 e. The van der Waals surface area contributed by atoms with Gasteiger partial charge in [-0.2, -0.15) is 0 Å². The van der Waals surface area contributed by atoms with E-state index in [2.05, 4.69) is 11.8 Å². The first-order valence-corrected chi connectivity index (χ1v) is 24.4. The number of para-hydroxylation sites is 1. The molecule has 4 heterocycles. The topological polar surface area (TPSA) is 163 Å². The molecule has 4 aliphatic heterocycles. The van der Waals surface area contributed by atoms with E-state index in [1.54, 1.807) is 80.8 Å². The van der Waals surface area contributed by atoms with Crippen LogP contribution in [0.3, 0.4) is 0 Å². The summed E-state index contributed by atoms with van der Waals surface area (Å²) in [7, 11) is 6.16. The van der Waals surface area contributed by atoms with E-state index in [1.807, 2.05) is 89.8 Å². The predicted molar refractivity (Wildman–Crippen MR) is 272 cm³/mol. The molecule has 0 saturated carbocycles. The molecule has 2 saturated heterocycles. The number of aliphatic hydroxyl groups excluding tert-OH is 1. The number of nitrogens with zero attached hydrogens (tertiary/aromatic N) is 3. The highest BCUT2D eigenvalue weighted by atomic mass is 16.6. The van der Waals surface area contributed by atoms with Crippen molar-refractivity contribution in [3.8, 4) is 34.8 Å². The molecule has 15 nitrogen and oxygen atoms in total. The number of rotatable bonds is 13. The highest BCUT2D eigenvalue weighted by molar-refractivity contribution is 6.23. The standard InChI is InChI=1S/C59H55N3O12/c1-68-31-32-73-58(67)61-46-26-23-38(20-19-37-21-24-43(69-2)25-22-37)33-45(46)59(57(61)66)50(55(64)60-28-27-41-34-48(70-3)49(71-4)35-42(41)36-60)52-56(65)74-53(40-15-9-6-10-16-40)51(39-13-7-5-8-14-39)62(52)54(59)44-17-11-12-18-47(44)72-30-29-63/h5-18,21-26,33-35,50-54,63H,27-32,36H2,1-4H3/t50-,51-,52-,53+,54+,59-/m0/s1. The van der Waals surface area contributed by atoms with Crippen LogP contribution in [0.25, 0.3) is 0 Å². The molecule has 2 fully saturated rings. The minimum atomic E-state index is -2.12. The Bertz CT molecular complexity index is 3140. The Labute approximate surface area is 429 Å². The van der Waals surface area contributed by atoms with Crippen LogP contribution in [0.5, 0.6) is 23.0 Å². The van der Waals surface area contributed by atoms with Gasteiger partial charge in [0.15, 0.2) is 11.5 Å². The summed E-state index contributed by atoms with van der Waals surface area (Å²) in [6, 6.07) is 38.5. The number of anilines is 1. The van der Waals surface area contributed by atoms with Gasteiger partial charge in [-0.3, -0.25) is 19.3 Å². The number of benzene rings is 6. The molecule has 0 aliphatic carbocycles. The fraction of sp³-hybridized carbons (Fsp3) is 0.288. The van der Waals surface area contributed by atoms with Gasteiger partial charge in [0.25, 0.3) is 0 Å². The molecule has 0 bridgehead atoms. The Morgan fingerprint density at radius 1 is 0.703 bits per heavy atom. The van der Waals surface area contributed by atoms with Gasteiger partial charge in [-0.15, -0.1) is 0 Å². The number of hydrogen-bond donors (Lipinski definition) is 1. The van der Waals surface area contributed by atoms with Gasteiger partial charge in [-0.1, -0.05) is 90.7 Å². The number of esters is 1. The lowest BCUT2D eigenvalue weighted by Gasteiger charge is -2.46. The molecule has 1 N–H and O–H groups in total. The first-order chi connectivity index (χ1) is 36.2. The summed E-state index contributed by atoms with van der Waals surface area (Å²) in [6.07, 6.45) is -1.55. The Morgan fingerprint density at radius 2 is 1.36 bits per heavy atom. The number of carbonyl (C=O) groups excluding carboxylic acids is 4. The van der Waals surface area contributed by atoms with Crippen molar-refractivity contribution in [2.24, 2.45) is 5.92 Å². The molecule has 1 spiro atoms. The van der Waals surface area contributed by atoms with E-state index in [0.29, 0.717) is 51.7 Å². The zero-order valence-electron chi connectivity index (χ0n) is 41.4. The molecule has 378 valence electrons. The zero-order chi connectivity index (χ0) is 51.5. The van der Waals surface area contributed by atoms with Gasteiger partial charge in [0.05, 0.1) is 58.2 Å². The third kappa shape index (κ3) is 8.64. The minimum Gasteiger partial charge on any atom is -0.497 e. The minimum absolute atomic E-state index is 0.0411. The molecule has 15 heteroatoms. The fourth-order valence-electron chi connectivity index (χ4n) is 11.3. The lowest BCUT2D eigenvalue weighted by atomic mass is 9.64. The summed E-state index contributed by atoms with van der Waals surface area (Å²) >= 11 is 0. The van der Waals surface area contributed by atoms with Crippen LogP contribution in [-0.4, -0.2) is 106 Å². The summed E-state index contributed by atoms with van der Waals surface area (Å²) in [5, 5.41) is 10.2. The van der Waals surface area contributed by atoms with E-state index in [9.17, 15) is 9.90 Å². The summed E-state index contributed by atoms with van der Waals surface area (Å²) in [6.45, 7) is -0.293. The average molecular weight is 998 g/mol. The van der Waals surface area contributed by atoms with Crippen molar-refractivity contribution < 1.29 is 57.4 Å². The predicted octanol–water partition coefficient (Wildman–Crippen LogP) is 7.52. The lowest BCUT2D eigenvalue weighted by molar-refractivity contribution is -0.179. The number of imide groups is 1. The van der Waals surface area contributed by atoms with Gasteiger partial charge in [-0.25, -0.2) is 9.69 Å². The van der Waals surface area contributed by atoms with Crippen molar-refractivity contribution in [2.75, 3.05) is 66.3 Å². The molecule has 6 aromatic carbocycles. The maximum absolute atomic E-state index is 16.8. The molecule has 0 radical (unpaired) electrons. The van der Waals surface area contributed by atoms with E-state index in [4.69, 9.17) is 33.2 Å². The lowest BCUT2D eigenvalue weighted by Crippen LogP contribution is -2.57. The first kappa shape index (κ1) is 49.4. The van der Waals surface area contributed by atoms with Crippen molar-refractivity contribution >= 4 is 29.6 Å². The van der Waals surface area contributed by atoms with Gasteiger partial charge in [0, 0.05) is 36.9 Å². The van der Waals surface area contributed by atoms with E-state index < -0.39 is 59.4 Å². The van der Waals surface area contributed by atoms with Crippen molar-refractivity contribution in [3.05, 3.63) is 184 Å². The van der Waals surface area contributed by atoms with Gasteiger partial charge < -0.3 is 43.2 Å². The van der Waals surface area contributed by atoms with Gasteiger partial charge in [0.1, 0.15) is 42.3 Å². The monoisotopic (exact) mass is 997 g/mol.